The van der Waals surface area contributed by atoms with E-state index in [2.05, 4.69) is 19.2 Å². The predicted molar refractivity (Wildman–Crippen MR) is 79.6 cm³/mol. The van der Waals surface area contributed by atoms with E-state index >= 15 is 0 Å². The van der Waals surface area contributed by atoms with Gasteiger partial charge < -0.3 is 10.2 Å². The number of anilines is 1. The average Bonchev–Trinajstić information content (AvgIpc) is 2.36. The Balaban J connectivity index is 2.24. The van der Waals surface area contributed by atoms with Gasteiger partial charge in [-0.05, 0) is 42.9 Å². The van der Waals surface area contributed by atoms with Gasteiger partial charge in [0.15, 0.2) is 0 Å². The Bertz CT molecular complexity index is 460. The van der Waals surface area contributed by atoms with Crippen LogP contribution in [0.15, 0.2) is 18.2 Å². The zero-order chi connectivity index (χ0) is 14.0. The van der Waals surface area contributed by atoms with Gasteiger partial charge in [-0.25, -0.2) is 0 Å². The van der Waals surface area contributed by atoms with Crippen molar-refractivity contribution in [1.29, 1.82) is 0 Å². The fourth-order valence-corrected chi connectivity index (χ4v) is 3.05. The minimum Gasteiger partial charge on any atom is -0.387 e. The lowest BCUT2D eigenvalue weighted by atomic mass is 9.91. The normalized spacial score (nSPS) is 23.3. The first-order chi connectivity index (χ1) is 9.01. The Morgan fingerprint density at radius 3 is 2.47 bits per heavy atom. The van der Waals surface area contributed by atoms with Gasteiger partial charge in [0.25, 0.3) is 5.91 Å². The van der Waals surface area contributed by atoms with E-state index in [1.54, 1.807) is 0 Å². The number of hydrogen-bond donors (Lipinski definition) is 1. The number of benzene rings is 1. The summed E-state index contributed by atoms with van der Waals surface area (Å²) in [6.45, 7) is 8.24. The topological polar surface area (TPSA) is 32.3 Å². The van der Waals surface area contributed by atoms with E-state index in [0.717, 1.165) is 24.3 Å². The molecular formula is C16H24N2O. The summed E-state index contributed by atoms with van der Waals surface area (Å²) in [5.74, 6) is 1.34. The molecule has 2 unspecified atom stereocenters. The molecule has 0 spiro atoms. The number of carbonyl (C=O) groups excluding carboxylic acids is 1. The number of likely N-dealkylation sites (tertiary alicyclic amines) is 1. The van der Waals surface area contributed by atoms with Crippen LogP contribution in [0.2, 0.25) is 0 Å². The van der Waals surface area contributed by atoms with Crippen LogP contribution in [0.5, 0.6) is 0 Å². The van der Waals surface area contributed by atoms with Crippen LogP contribution < -0.4 is 5.32 Å². The van der Waals surface area contributed by atoms with Crippen LogP contribution in [0.25, 0.3) is 0 Å². The van der Waals surface area contributed by atoms with Gasteiger partial charge in [-0.15, -0.1) is 0 Å². The summed E-state index contributed by atoms with van der Waals surface area (Å²) in [6.07, 6.45) is 1.22. The molecule has 1 aliphatic rings. The number of rotatable bonds is 2. The molecule has 1 aromatic carbocycles. The van der Waals surface area contributed by atoms with Gasteiger partial charge in [-0.3, -0.25) is 4.79 Å². The first kappa shape index (κ1) is 13.9. The second kappa shape index (κ2) is 5.64. The predicted octanol–water partition coefficient (Wildman–Crippen LogP) is 3.15. The van der Waals surface area contributed by atoms with E-state index < -0.39 is 0 Å². The first-order valence-corrected chi connectivity index (χ1v) is 7.09. The molecule has 0 radical (unpaired) electrons. The molecule has 3 heteroatoms. The largest absolute Gasteiger partial charge is 0.387 e. The lowest BCUT2D eigenvalue weighted by molar-refractivity contribution is 0.0624. The highest BCUT2D eigenvalue weighted by molar-refractivity contribution is 5.99. The van der Waals surface area contributed by atoms with Crippen molar-refractivity contribution in [1.82, 2.24) is 4.90 Å². The van der Waals surface area contributed by atoms with Crippen LogP contribution in [0, 0.1) is 18.8 Å². The number of piperidine rings is 1. The highest BCUT2D eigenvalue weighted by Crippen LogP contribution is 2.25. The molecule has 2 rings (SSSR count). The number of nitrogens with zero attached hydrogens (tertiary/aromatic N) is 1. The Morgan fingerprint density at radius 2 is 1.89 bits per heavy atom. The van der Waals surface area contributed by atoms with Crippen molar-refractivity contribution in [2.24, 2.45) is 11.8 Å². The maximum atomic E-state index is 12.7. The third kappa shape index (κ3) is 3.09. The number of aryl methyl sites for hydroxylation is 1. The molecule has 1 amide bonds. The first-order valence-electron chi connectivity index (χ1n) is 7.09. The van der Waals surface area contributed by atoms with Crippen LogP contribution in [0.1, 0.15) is 36.2 Å². The van der Waals surface area contributed by atoms with Crippen molar-refractivity contribution in [3.63, 3.8) is 0 Å². The quantitative estimate of drug-likeness (QED) is 0.886. The second-order valence-electron chi connectivity index (χ2n) is 5.96. The molecule has 1 fully saturated rings. The van der Waals surface area contributed by atoms with Gasteiger partial charge in [0, 0.05) is 25.8 Å². The number of carbonyl (C=O) groups is 1. The van der Waals surface area contributed by atoms with Gasteiger partial charge in [-0.2, -0.15) is 0 Å². The van der Waals surface area contributed by atoms with E-state index in [0.29, 0.717) is 11.8 Å². The van der Waals surface area contributed by atoms with Gasteiger partial charge in [0.2, 0.25) is 0 Å². The Kier molecular flexibility index (Phi) is 4.13. The van der Waals surface area contributed by atoms with E-state index in [1.807, 2.05) is 37.1 Å². The molecule has 2 atom stereocenters. The van der Waals surface area contributed by atoms with Crippen LogP contribution in [-0.2, 0) is 0 Å². The van der Waals surface area contributed by atoms with Crippen LogP contribution in [0.4, 0.5) is 5.69 Å². The highest BCUT2D eigenvalue weighted by atomic mass is 16.2. The lowest BCUT2D eigenvalue weighted by Crippen LogP contribution is -2.42. The summed E-state index contributed by atoms with van der Waals surface area (Å²) in [6, 6.07) is 5.97. The van der Waals surface area contributed by atoms with Crippen molar-refractivity contribution in [2.45, 2.75) is 27.2 Å². The molecule has 1 heterocycles. The van der Waals surface area contributed by atoms with Crippen molar-refractivity contribution in [3.05, 3.63) is 29.3 Å². The van der Waals surface area contributed by atoms with Gasteiger partial charge in [0.1, 0.15) is 0 Å². The smallest absolute Gasteiger partial charge is 0.255 e. The summed E-state index contributed by atoms with van der Waals surface area (Å²) in [5.41, 5.74) is 2.88. The van der Waals surface area contributed by atoms with Crippen LogP contribution >= 0.6 is 0 Å². The fraction of sp³-hybridized carbons (Fsp3) is 0.562. The molecule has 3 nitrogen and oxygen atoms in total. The SMILES string of the molecule is CNc1cc(C)ccc1C(=O)N1CC(C)CC(C)C1. The molecule has 1 aromatic rings. The summed E-state index contributed by atoms with van der Waals surface area (Å²) in [7, 11) is 1.87. The average molecular weight is 260 g/mol. The van der Waals surface area contributed by atoms with Crippen molar-refractivity contribution < 1.29 is 4.79 Å². The lowest BCUT2D eigenvalue weighted by Gasteiger charge is -2.35. The van der Waals surface area contributed by atoms with Gasteiger partial charge in [0.05, 0.1) is 5.56 Å². The molecule has 0 aliphatic carbocycles. The second-order valence-corrected chi connectivity index (χ2v) is 5.96. The van der Waals surface area contributed by atoms with Crippen molar-refractivity contribution in [2.75, 3.05) is 25.5 Å². The molecule has 19 heavy (non-hydrogen) atoms. The Morgan fingerprint density at radius 1 is 1.26 bits per heavy atom. The van der Waals surface area contributed by atoms with E-state index in [-0.39, 0.29) is 5.91 Å². The summed E-state index contributed by atoms with van der Waals surface area (Å²) >= 11 is 0. The number of hydrogen-bond acceptors (Lipinski definition) is 2. The fourth-order valence-electron chi connectivity index (χ4n) is 3.05. The summed E-state index contributed by atoms with van der Waals surface area (Å²) in [5, 5.41) is 3.13. The monoisotopic (exact) mass is 260 g/mol. The minimum atomic E-state index is 0.155. The van der Waals surface area contributed by atoms with Gasteiger partial charge >= 0.3 is 0 Å². The maximum Gasteiger partial charge on any atom is 0.255 e. The number of amides is 1. The van der Waals surface area contributed by atoms with Gasteiger partial charge in [-0.1, -0.05) is 19.9 Å². The van der Waals surface area contributed by atoms with E-state index in [9.17, 15) is 4.79 Å². The highest BCUT2D eigenvalue weighted by Gasteiger charge is 2.27. The van der Waals surface area contributed by atoms with E-state index in [1.165, 1.54) is 12.0 Å². The van der Waals surface area contributed by atoms with Crippen molar-refractivity contribution >= 4 is 11.6 Å². The molecule has 1 N–H and O–H groups in total. The molecule has 1 saturated heterocycles. The third-order valence-electron chi connectivity index (χ3n) is 3.83. The van der Waals surface area contributed by atoms with E-state index in [4.69, 9.17) is 0 Å². The molecular weight excluding hydrogens is 236 g/mol. The zero-order valence-electron chi connectivity index (χ0n) is 12.4. The molecule has 0 bridgehead atoms. The molecule has 0 saturated carbocycles. The Hall–Kier alpha value is -1.51. The minimum absolute atomic E-state index is 0.155. The third-order valence-corrected chi connectivity index (χ3v) is 3.83. The molecule has 104 valence electrons. The zero-order valence-corrected chi connectivity index (χ0v) is 12.4. The maximum absolute atomic E-state index is 12.7. The standard InChI is InChI=1S/C16H24N2O/c1-11-5-6-14(15(8-11)17-4)16(19)18-9-12(2)7-13(3)10-18/h5-6,8,12-13,17H,7,9-10H2,1-4H3. The Labute approximate surface area is 116 Å². The summed E-state index contributed by atoms with van der Waals surface area (Å²) in [4.78, 5) is 14.7. The van der Waals surface area contributed by atoms with Crippen molar-refractivity contribution in [3.8, 4) is 0 Å². The molecule has 0 aromatic heterocycles. The summed E-state index contributed by atoms with van der Waals surface area (Å²) < 4.78 is 0. The van der Waals surface area contributed by atoms with Crippen LogP contribution in [0.3, 0.4) is 0 Å². The van der Waals surface area contributed by atoms with Crippen LogP contribution in [-0.4, -0.2) is 30.9 Å². The molecule has 1 aliphatic heterocycles. The number of nitrogens with one attached hydrogen (secondary N) is 1.